The van der Waals surface area contributed by atoms with Gasteiger partial charge in [-0.05, 0) is 92.8 Å². The Kier molecular flexibility index (Phi) is 7.64. The summed E-state index contributed by atoms with van der Waals surface area (Å²) in [5, 5.41) is 8.32. The highest BCUT2D eigenvalue weighted by Gasteiger charge is 2.35. The molecule has 0 bridgehead atoms. The fraction of sp³-hybridized carbons (Fsp3) is 0.158. The molecule has 3 rings (SSSR count). The van der Waals surface area contributed by atoms with E-state index in [2.05, 4.69) is 4.74 Å². The van der Waals surface area contributed by atoms with Gasteiger partial charge in [0.15, 0.2) is 6.61 Å². The van der Waals surface area contributed by atoms with Gasteiger partial charge in [0, 0.05) is 0 Å². The van der Waals surface area contributed by atoms with Crippen LogP contribution in [0.15, 0.2) is 33.6 Å². The number of carbonyl (C=O) groups is 4. The Labute approximate surface area is 207 Å². The monoisotopic (exact) mass is 669 g/mol. The number of halogens is 2. The lowest BCUT2D eigenvalue weighted by atomic mass is 10.2. The molecule has 0 atom stereocenters. The second-order valence-electron chi connectivity index (χ2n) is 6.02. The lowest BCUT2D eigenvalue weighted by molar-refractivity contribution is -0.139. The number of rotatable bonds is 7. The highest BCUT2D eigenvalue weighted by Crippen LogP contribution is 2.35. The molecule has 1 aliphatic heterocycles. The molecule has 2 amide bonds. The molecule has 1 saturated heterocycles. The van der Waals surface area contributed by atoms with E-state index in [9.17, 15) is 19.2 Å². The first-order valence-electron chi connectivity index (χ1n) is 8.45. The number of imide groups is 1. The van der Waals surface area contributed by atoms with E-state index in [0.29, 0.717) is 18.5 Å². The summed E-state index contributed by atoms with van der Waals surface area (Å²) in [5.74, 6) is -1.53. The summed E-state index contributed by atoms with van der Waals surface area (Å²) in [6, 6.07) is 6.36. The average molecular weight is 669 g/mol. The number of nitrogens with zero attached hydrogens (tertiary/aromatic N) is 1. The summed E-state index contributed by atoms with van der Waals surface area (Å²) in [7, 11) is 1.22. The smallest absolute Gasteiger partial charge is 0.373 e. The van der Waals surface area contributed by atoms with Gasteiger partial charge in [0.25, 0.3) is 11.1 Å². The van der Waals surface area contributed by atoms with Crippen LogP contribution in [-0.2, 0) is 20.9 Å². The van der Waals surface area contributed by atoms with Gasteiger partial charge in [-0.2, -0.15) is 0 Å². The van der Waals surface area contributed by atoms with E-state index in [-0.39, 0.29) is 23.0 Å². The van der Waals surface area contributed by atoms with Gasteiger partial charge < -0.3 is 19.0 Å². The van der Waals surface area contributed by atoms with Crippen molar-refractivity contribution in [1.82, 2.24) is 4.90 Å². The number of carboxylic acid groups (broad SMARTS) is 1. The van der Waals surface area contributed by atoms with Crippen LogP contribution in [-0.4, -0.2) is 46.8 Å². The predicted molar refractivity (Wildman–Crippen MR) is 127 cm³/mol. The SMILES string of the molecule is COC(=O)c1ccc(CN2C(=O)S/C(=C/c3cc(I)c(OCC(=O)O)c(I)c3)C2=O)o1. The predicted octanol–water partition coefficient (Wildman–Crippen LogP) is 3.98. The molecule has 162 valence electrons. The van der Waals surface area contributed by atoms with Crippen molar-refractivity contribution in [3.63, 3.8) is 0 Å². The summed E-state index contributed by atoms with van der Waals surface area (Å²) in [6.45, 7) is -0.579. The van der Waals surface area contributed by atoms with E-state index < -0.39 is 29.7 Å². The van der Waals surface area contributed by atoms with Crippen LogP contribution in [0.5, 0.6) is 5.75 Å². The van der Waals surface area contributed by atoms with Crippen LogP contribution in [0.3, 0.4) is 0 Å². The van der Waals surface area contributed by atoms with Crippen molar-refractivity contribution in [3.8, 4) is 5.75 Å². The number of ether oxygens (including phenoxy) is 2. The number of benzene rings is 1. The average Bonchev–Trinajstić information content (AvgIpc) is 3.27. The van der Waals surface area contributed by atoms with Gasteiger partial charge in [-0.3, -0.25) is 14.5 Å². The molecule has 2 aromatic rings. The normalized spacial score (nSPS) is 14.9. The van der Waals surface area contributed by atoms with Crippen LogP contribution in [0.1, 0.15) is 21.9 Å². The largest absolute Gasteiger partial charge is 0.480 e. The maximum Gasteiger partial charge on any atom is 0.373 e. The van der Waals surface area contributed by atoms with Crippen molar-refractivity contribution in [2.75, 3.05) is 13.7 Å². The number of carboxylic acids is 1. The number of furan rings is 1. The van der Waals surface area contributed by atoms with E-state index >= 15 is 0 Å². The maximum atomic E-state index is 12.7. The minimum atomic E-state index is -1.08. The molecule has 2 heterocycles. The van der Waals surface area contributed by atoms with Crippen molar-refractivity contribution in [3.05, 3.63) is 53.4 Å². The van der Waals surface area contributed by atoms with E-state index in [1.54, 1.807) is 18.2 Å². The molecular formula is C19H13I2NO8S. The molecule has 0 saturated carbocycles. The Balaban J connectivity index is 1.77. The van der Waals surface area contributed by atoms with Gasteiger partial charge in [-0.1, -0.05) is 0 Å². The Hall–Kier alpha value is -2.07. The molecule has 1 aromatic heterocycles. The molecule has 0 radical (unpaired) electrons. The molecule has 9 nitrogen and oxygen atoms in total. The molecule has 0 unspecified atom stereocenters. The van der Waals surface area contributed by atoms with E-state index in [1.165, 1.54) is 19.2 Å². The summed E-state index contributed by atoms with van der Waals surface area (Å²) in [5.41, 5.74) is 0.660. The first-order valence-corrected chi connectivity index (χ1v) is 11.4. The van der Waals surface area contributed by atoms with E-state index in [0.717, 1.165) is 16.7 Å². The minimum absolute atomic E-state index is 0.0191. The Morgan fingerprint density at radius 3 is 2.52 bits per heavy atom. The summed E-state index contributed by atoms with van der Waals surface area (Å²) < 4.78 is 16.5. The molecule has 1 aromatic carbocycles. The second kappa shape index (κ2) is 10.0. The molecule has 1 aliphatic rings. The number of esters is 1. The topological polar surface area (TPSA) is 123 Å². The van der Waals surface area contributed by atoms with Crippen molar-refractivity contribution in [2.24, 2.45) is 0 Å². The van der Waals surface area contributed by atoms with Crippen LogP contribution in [0.25, 0.3) is 6.08 Å². The fourth-order valence-corrected chi connectivity index (χ4v) is 5.52. The number of thioether (sulfide) groups is 1. The first-order chi connectivity index (χ1) is 14.7. The Bertz CT molecular complexity index is 1090. The highest BCUT2D eigenvalue weighted by atomic mass is 127. The molecule has 1 N–H and O–H groups in total. The van der Waals surface area contributed by atoms with Gasteiger partial charge in [0.2, 0.25) is 5.76 Å². The van der Waals surface area contributed by atoms with E-state index in [1.807, 2.05) is 45.2 Å². The standard InChI is InChI=1S/C19H13I2NO8S/c1-28-18(26)13-3-2-10(30-13)7-22-17(25)14(31-19(22)27)6-9-4-11(20)16(12(21)5-9)29-8-15(23)24/h2-6H,7-8H2,1H3,(H,23,24)/b14-6+. The highest BCUT2D eigenvalue weighted by molar-refractivity contribution is 14.1. The molecular weight excluding hydrogens is 656 g/mol. The van der Waals surface area contributed by atoms with Gasteiger partial charge >= 0.3 is 11.9 Å². The molecule has 0 spiro atoms. The lowest BCUT2D eigenvalue weighted by Crippen LogP contribution is -2.27. The zero-order chi connectivity index (χ0) is 22.7. The van der Waals surface area contributed by atoms with Crippen LogP contribution in [0.4, 0.5) is 4.79 Å². The minimum Gasteiger partial charge on any atom is -0.480 e. The maximum absolute atomic E-state index is 12.7. The zero-order valence-corrected chi connectivity index (χ0v) is 20.8. The number of amides is 2. The molecule has 31 heavy (non-hydrogen) atoms. The number of hydrogen-bond donors (Lipinski definition) is 1. The third-order valence-electron chi connectivity index (χ3n) is 3.89. The first kappa shape index (κ1) is 23.6. The van der Waals surface area contributed by atoms with Crippen LogP contribution in [0, 0.1) is 7.14 Å². The van der Waals surface area contributed by atoms with Crippen molar-refractivity contribution in [2.45, 2.75) is 6.54 Å². The molecule has 12 heteroatoms. The van der Waals surface area contributed by atoms with Gasteiger partial charge in [0.1, 0.15) is 11.5 Å². The fourth-order valence-electron chi connectivity index (χ4n) is 2.55. The summed E-state index contributed by atoms with van der Waals surface area (Å²) in [6.07, 6.45) is 1.58. The van der Waals surface area contributed by atoms with Crippen LogP contribution >= 0.6 is 56.9 Å². The van der Waals surface area contributed by atoms with Gasteiger partial charge in [-0.25, -0.2) is 9.59 Å². The Morgan fingerprint density at radius 2 is 1.90 bits per heavy atom. The number of methoxy groups -OCH3 is 1. The second-order valence-corrected chi connectivity index (χ2v) is 9.34. The van der Waals surface area contributed by atoms with Gasteiger partial charge in [-0.15, -0.1) is 0 Å². The van der Waals surface area contributed by atoms with E-state index in [4.69, 9.17) is 14.3 Å². The van der Waals surface area contributed by atoms with Crippen molar-refractivity contribution >= 4 is 86.1 Å². The third kappa shape index (κ3) is 5.60. The quantitative estimate of drug-likeness (QED) is 0.265. The molecule has 0 aliphatic carbocycles. The summed E-state index contributed by atoms with van der Waals surface area (Å²) >= 11 is 4.82. The lowest BCUT2D eigenvalue weighted by Gasteiger charge is -2.10. The van der Waals surface area contributed by atoms with Gasteiger partial charge in [0.05, 0.1) is 25.7 Å². The van der Waals surface area contributed by atoms with Crippen molar-refractivity contribution in [1.29, 1.82) is 0 Å². The van der Waals surface area contributed by atoms with Crippen LogP contribution < -0.4 is 4.74 Å². The number of aliphatic carboxylic acids is 1. The van der Waals surface area contributed by atoms with Crippen LogP contribution in [0.2, 0.25) is 0 Å². The third-order valence-corrected chi connectivity index (χ3v) is 6.40. The number of hydrogen-bond acceptors (Lipinski definition) is 8. The number of carbonyl (C=O) groups excluding carboxylic acids is 3. The van der Waals surface area contributed by atoms with Crippen molar-refractivity contribution < 1.29 is 38.2 Å². The Morgan fingerprint density at radius 1 is 1.23 bits per heavy atom. The summed E-state index contributed by atoms with van der Waals surface area (Å²) in [4.78, 5) is 48.5. The molecule has 1 fully saturated rings. The zero-order valence-electron chi connectivity index (χ0n) is 15.7.